The van der Waals surface area contributed by atoms with E-state index in [1.807, 2.05) is 5.38 Å². The Bertz CT molecular complexity index is 281. The molecule has 0 saturated heterocycles. The number of thiazole rings is 1. The predicted molar refractivity (Wildman–Crippen MR) is 61.9 cm³/mol. The molecule has 0 atom stereocenters. The minimum Gasteiger partial charge on any atom is -0.467 e. The van der Waals surface area contributed by atoms with E-state index in [2.05, 4.69) is 20.9 Å². The summed E-state index contributed by atoms with van der Waals surface area (Å²) < 4.78 is 6.71. The lowest BCUT2D eigenvalue weighted by atomic mass is 10.2. The van der Waals surface area contributed by atoms with Crippen molar-refractivity contribution in [3.63, 3.8) is 0 Å². The Labute approximate surface area is 96.8 Å². The molecule has 4 heteroatoms. The highest BCUT2D eigenvalue weighted by atomic mass is 79.9. The normalized spacial score (nSPS) is 19.2. The summed E-state index contributed by atoms with van der Waals surface area (Å²) in [5, 5.41) is 2.77. The van der Waals surface area contributed by atoms with Crippen molar-refractivity contribution in [2.75, 3.05) is 0 Å². The molecule has 2 nitrogen and oxygen atoms in total. The fourth-order valence-electron chi connectivity index (χ4n) is 1.80. The van der Waals surface area contributed by atoms with Gasteiger partial charge in [-0.15, -0.1) is 0 Å². The van der Waals surface area contributed by atoms with E-state index < -0.39 is 0 Å². The van der Waals surface area contributed by atoms with Crippen molar-refractivity contribution in [2.45, 2.75) is 44.6 Å². The van der Waals surface area contributed by atoms with E-state index in [4.69, 9.17) is 4.74 Å². The molecule has 0 unspecified atom stereocenters. The molecule has 14 heavy (non-hydrogen) atoms. The maximum absolute atomic E-state index is 5.83. The molecule has 0 N–H and O–H groups in total. The lowest BCUT2D eigenvalue weighted by Gasteiger charge is -2.13. The first-order valence-corrected chi connectivity index (χ1v) is 6.79. The molecular formula is C10H14BrNOS. The second-order valence-corrected chi connectivity index (χ2v) is 5.30. The van der Waals surface area contributed by atoms with Gasteiger partial charge in [0.05, 0.1) is 0 Å². The Morgan fingerprint density at radius 2 is 2.00 bits per heavy atom. The Balaban J connectivity index is 1.89. The number of rotatable bonds is 2. The van der Waals surface area contributed by atoms with Crippen LogP contribution in [0.1, 0.15) is 38.5 Å². The number of ether oxygens (including phenoxy) is 1. The first-order chi connectivity index (χ1) is 6.84. The van der Waals surface area contributed by atoms with E-state index in [0.29, 0.717) is 6.10 Å². The van der Waals surface area contributed by atoms with Crippen molar-refractivity contribution >= 4 is 27.3 Å². The fourth-order valence-corrected chi connectivity index (χ4v) is 2.95. The van der Waals surface area contributed by atoms with Crippen LogP contribution >= 0.6 is 27.3 Å². The minimum absolute atomic E-state index is 0.399. The van der Waals surface area contributed by atoms with E-state index in [1.54, 1.807) is 11.3 Å². The van der Waals surface area contributed by atoms with E-state index in [-0.39, 0.29) is 0 Å². The first kappa shape index (κ1) is 10.4. The summed E-state index contributed by atoms with van der Waals surface area (Å²) in [7, 11) is 0. The van der Waals surface area contributed by atoms with Gasteiger partial charge in [0.2, 0.25) is 0 Å². The van der Waals surface area contributed by atoms with E-state index >= 15 is 0 Å². The molecule has 0 radical (unpaired) electrons. The minimum atomic E-state index is 0.399. The topological polar surface area (TPSA) is 22.1 Å². The van der Waals surface area contributed by atoms with Crippen molar-refractivity contribution < 1.29 is 4.74 Å². The molecule has 0 aliphatic heterocycles. The summed E-state index contributed by atoms with van der Waals surface area (Å²) in [5.41, 5.74) is 0. The molecule has 78 valence electrons. The molecule has 1 heterocycles. The average Bonchev–Trinajstić information content (AvgIpc) is 2.43. The van der Waals surface area contributed by atoms with Gasteiger partial charge in [0.1, 0.15) is 10.7 Å². The van der Waals surface area contributed by atoms with Crippen LogP contribution in [0, 0.1) is 0 Å². The van der Waals surface area contributed by atoms with Gasteiger partial charge in [-0.05, 0) is 41.6 Å². The number of aromatic nitrogens is 1. The standard InChI is InChI=1S/C10H14BrNOS/c11-9-7-14-10(12-9)13-8-5-3-1-2-4-6-8/h7-8H,1-6H2. The van der Waals surface area contributed by atoms with Gasteiger partial charge in [0, 0.05) is 5.38 Å². The summed E-state index contributed by atoms with van der Waals surface area (Å²) in [6, 6.07) is 0. The number of halogens is 1. The number of hydrogen-bond acceptors (Lipinski definition) is 3. The molecule has 1 saturated carbocycles. The van der Waals surface area contributed by atoms with Gasteiger partial charge >= 0.3 is 0 Å². The Hall–Kier alpha value is -0.0900. The van der Waals surface area contributed by atoms with Crippen LogP contribution in [-0.4, -0.2) is 11.1 Å². The monoisotopic (exact) mass is 275 g/mol. The second kappa shape index (κ2) is 5.12. The van der Waals surface area contributed by atoms with Crippen molar-refractivity contribution in [2.24, 2.45) is 0 Å². The quantitative estimate of drug-likeness (QED) is 0.761. The highest BCUT2D eigenvalue weighted by molar-refractivity contribution is 9.10. The lowest BCUT2D eigenvalue weighted by molar-refractivity contribution is 0.183. The predicted octanol–water partition coefficient (Wildman–Crippen LogP) is 4.01. The van der Waals surface area contributed by atoms with E-state index in [0.717, 1.165) is 9.80 Å². The summed E-state index contributed by atoms with van der Waals surface area (Å²) in [4.78, 5) is 4.25. The molecule has 1 aromatic heterocycles. The van der Waals surface area contributed by atoms with Crippen LogP contribution in [0.5, 0.6) is 5.19 Å². The van der Waals surface area contributed by atoms with Crippen molar-refractivity contribution in [1.29, 1.82) is 0 Å². The molecular weight excluding hydrogens is 262 g/mol. The van der Waals surface area contributed by atoms with Crippen LogP contribution in [0.25, 0.3) is 0 Å². The van der Waals surface area contributed by atoms with Crippen molar-refractivity contribution in [3.05, 3.63) is 9.98 Å². The summed E-state index contributed by atoms with van der Waals surface area (Å²) in [6.07, 6.45) is 8.11. The van der Waals surface area contributed by atoms with Crippen LogP contribution in [0.2, 0.25) is 0 Å². The Kier molecular flexibility index (Phi) is 3.81. The van der Waals surface area contributed by atoms with Gasteiger partial charge in [0.15, 0.2) is 0 Å². The zero-order valence-corrected chi connectivity index (χ0v) is 10.4. The summed E-state index contributed by atoms with van der Waals surface area (Å²) in [6.45, 7) is 0. The largest absolute Gasteiger partial charge is 0.467 e. The molecule has 0 bridgehead atoms. The van der Waals surface area contributed by atoms with Crippen LogP contribution < -0.4 is 4.74 Å². The molecule has 2 rings (SSSR count). The molecule has 1 fully saturated rings. The third-order valence-electron chi connectivity index (χ3n) is 2.52. The Morgan fingerprint density at radius 3 is 2.57 bits per heavy atom. The van der Waals surface area contributed by atoms with Gasteiger partial charge in [-0.25, -0.2) is 0 Å². The summed E-state index contributed by atoms with van der Waals surface area (Å²) >= 11 is 4.90. The number of hydrogen-bond donors (Lipinski definition) is 0. The third-order valence-corrected chi connectivity index (χ3v) is 3.96. The van der Waals surface area contributed by atoms with Crippen LogP contribution in [-0.2, 0) is 0 Å². The third kappa shape index (κ3) is 2.95. The zero-order valence-electron chi connectivity index (χ0n) is 8.04. The molecule has 0 amide bonds. The first-order valence-electron chi connectivity index (χ1n) is 5.12. The number of nitrogens with zero attached hydrogens (tertiary/aromatic N) is 1. The zero-order chi connectivity index (χ0) is 9.80. The molecule has 1 aromatic rings. The molecule has 1 aliphatic carbocycles. The second-order valence-electron chi connectivity index (χ2n) is 3.67. The maximum atomic E-state index is 5.83. The highest BCUT2D eigenvalue weighted by Gasteiger charge is 2.14. The summed E-state index contributed by atoms with van der Waals surface area (Å²) in [5.74, 6) is 0. The smallest absolute Gasteiger partial charge is 0.274 e. The fraction of sp³-hybridized carbons (Fsp3) is 0.700. The van der Waals surface area contributed by atoms with Crippen LogP contribution in [0.15, 0.2) is 9.98 Å². The van der Waals surface area contributed by atoms with Crippen LogP contribution in [0.3, 0.4) is 0 Å². The van der Waals surface area contributed by atoms with Gasteiger partial charge in [0.25, 0.3) is 5.19 Å². The van der Waals surface area contributed by atoms with Gasteiger partial charge in [-0.2, -0.15) is 4.98 Å². The highest BCUT2D eigenvalue weighted by Crippen LogP contribution is 2.26. The van der Waals surface area contributed by atoms with Gasteiger partial charge < -0.3 is 4.74 Å². The lowest BCUT2D eigenvalue weighted by Crippen LogP contribution is -2.14. The molecule has 0 spiro atoms. The van der Waals surface area contributed by atoms with Gasteiger partial charge in [-0.3, -0.25) is 0 Å². The van der Waals surface area contributed by atoms with E-state index in [1.165, 1.54) is 38.5 Å². The average molecular weight is 276 g/mol. The Morgan fingerprint density at radius 1 is 1.29 bits per heavy atom. The maximum Gasteiger partial charge on any atom is 0.274 e. The van der Waals surface area contributed by atoms with E-state index in [9.17, 15) is 0 Å². The molecule has 0 aromatic carbocycles. The van der Waals surface area contributed by atoms with Gasteiger partial charge in [-0.1, -0.05) is 24.2 Å². The van der Waals surface area contributed by atoms with Crippen molar-refractivity contribution in [1.82, 2.24) is 4.98 Å². The molecule has 1 aliphatic rings. The SMILES string of the molecule is Brc1csc(OC2CCCCCC2)n1. The van der Waals surface area contributed by atoms with Crippen molar-refractivity contribution in [3.8, 4) is 5.19 Å². The van der Waals surface area contributed by atoms with Crippen LogP contribution in [0.4, 0.5) is 0 Å².